The third-order valence-electron chi connectivity index (χ3n) is 7.38. The summed E-state index contributed by atoms with van der Waals surface area (Å²) >= 11 is 0. The first-order chi connectivity index (χ1) is 19.5. The molecular formula is C31H35N3O5S2. The molecule has 1 saturated carbocycles. The Balaban J connectivity index is 1.68. The van der Waals surface area contributed by atoms with Gasteiger partial charge >= 0.3 is 0 Å². The molecule has 0 radical (unpaired) electrons. The topological polar surface area (TPSA) is 109 Å². The second-order valence-corrected chi connectivity index (χ2v) is 14.7. The fraction of sp³-hybridized carbons (Fsp3) is 0.323. The average Bonchev–Trinajstić information content (AvgIpc) is 3.61. The molecule has 0 spiro atoms. The molecule has 1 fully saturated rings. The Morgan fingerprint density at radius 1 is 1.00 bits per heavy atom. The van der Waals surface area contributed by atoms with Gasteiger partial charge in [0.15, 0.2) is 15.6 Å². The van der Waals surface area contributed by atoms with E-state index in [1.54, 1.807) is 54.6 Å². The van der Waals surface area contributed by atoms with Crippen molar-refractivity contribution in [3.8, 4) is 5.75 Å². The number of fused-ring (bicyclic) bond motifs is 1. The monoisotopic (exact) mass is 593 g/mol. The van der Waals surface area contributed by atoms with E-state index < -0.39 is 19.7 Å². The van der Waals surface area contributed by atoms with Crippen molar-refractivity contribution >= 4 is 36.3 Å². The van der Waals surface area contributed by atoms with Gasteiger partial charge in [0, 0.05) is 29.5 Å². The van der Waals surface area contributed by atoms with Crippen LogP contribution in [0.25, 0.3) is 16.6 Å². The Morgan fingerprint density at radius 3 is 2.32 bits per heavy atom. The van der Waals surface area contributed by atoms with Gasteiger partial charge in [0.05, 0.1) is 16.0 Å². The molecular weight excluding hydrogens is 558 g/mol. The highest BCUT2D eigenvalue weighted by atomic mass is 32.2. The second-order valence-electron chi connectivity index (χ2n) is 10.8. The number of sulfone groups is 2. The number of ether oxygens (including phenoxy) is 1. The molecule has 2 heterocycles. The van der Waals surface area contributed by atoms with Crippen molar-refractivity contribution in [3.05, 3.63) is 84.2 Å². The molecule has 0 bridgehead atoms. The summed E-state index contributed by atoms with van der Waals surface area (Å²) < 4.78 is 58.2. The molecule has 5 rings (SSSR count). The molecule has 0 aliphatic heterocycles. The highest BCUT2D eigenvalue weighted by Crippen LogP contribution is 2.38. The van der Waals surface area contributed by atoms with Gasteiger partial charge in [-0.1, -0.05) is 49.2 Å². The number of pyridine rings is 1. The Bertz CT molecular complexity index is 1770. The van der Waals surface area contributed by atoms with Gasteiger partial charge in [-0.2, -0.15) is 0 Å². The predicted molar refractivity (Wildman–Crippen MR) is 161 cm³/mol. The standard InChI is InChI=1S/C31H35N3O5S2/c1-34(2)17-18-39-29-21-32-31-27(30(29)41(37,38)25-11-5-4-6-12-25)20-28(33-31)26(19-22-9-7-8-10-22)23-13-15-24(16-14-23)40(3,35)36/h4-6,11-16,19-22H,7-10,17-18H2,1-3H3,(H,32,33). The van der Waals surface area contributed by atoms with Crippen LogP contribution in [0.2, 0.25) is 0 Å². The number of hydrogen-bond donors (Lipinski definition) is 1. The van der Waals surface area contributed by atoms with Crippen molar-refractivity contribution < 1.29 is 21.6 Å². The van der Waals surface area contributed by atoms with Gasteiger partial charge in [-0.3, -0.25) is 0 Å². The molecule has 2 aromatic carbocycles. The van der Waals surface area contributed by atoms with Crippen molar-refractivity contribution in [2.24, 2.45) is 5.92 Å². The Kier molecular flexibility index (Phi) is 8.35. The smallest absolute Gasteiger partial charge is 0.211 e. The maximum absolute atomic E-state index is 14.0. The van der Waals surface area contributed by atoms with E-state index in [2.05, 4.69) is 16.0 Å². The third kappa shape index (κ3) is 6.39. The average molecular weight is 594 g/mol. The van der Waals surface area contributed by atoms with Crippen LogP contribution in [0.3, 0.4) is 0 Å². The molecule has 1 N–H and O–H groups in total. The number of likely N-dealkylation sites (N-methyl/N-ethyl adjacent to an activating group) is 1. The maximum Gasteiger partial charge on any atom is 0.211 e. The number of H-pyrrole nitrogens is 1. The lowest BCUT2D eigenvalue weighted by Gasteiger charge is -2.15. The first-order valence-electron chi connectivity index (χ1n) is 13.7. The molecule has 1 aliphatic carbocycles. The van der Waals surface area contributed by atoms with E-state index in [-0.39, 0.29) is 20.4 Å². The van der Waals surface area contributed by atoms with Crippen LogP contribution in [0.15, 0.2) is 87.6 Å². The van der Waals surface area contributed by atoms with Gasteiger partial charge in [-0.15, -0.1) is 0 Å². The van der Waals surface area contributed by atoms with Crippen molar-refractivity contribution in [2.75, 3.05) is 33.5 Å². The van der Waals surface area contributed by atoms with Crippen molar-refractivity contribution in [1.29, 1.82) is 0 Å². The van der Waals surface area contributed by atoms with Crippen LogP contribution >= 0.6 is 0 Å². The minimum atomic E-state index is -3.95. The zero-order chi connectivity index (χ0) is 29.2. The molecule has 8 nitrogen and oxygen atoms in total. The largest absolute Gasteiger partial charge is 0.489 e. The van der Waals surface area contributed by atoms with E-state index in [9.17, 15) is 16.8 Å². The number of nitrogens with zero attached hydrogens (tertiary/aromatic N) is 2. The molecule has 1 aliphatic rings. The van der Waals surface area contributed by atoms with E-state index in [1.165, 1.54) is 12.5 Å². The lowest BCUT2D eigenvalue weighted by atomic mass is 9.96. The van der Waals surface area contributed by atoms with E-state index in [4.69, 9.17) is 4.74 Å². The summed E-state index contributed by atoms with van der Waals surface area (Å²) in [5.41, 5.74) is 2.86. The summed E-state index contributed by atoms with van der Waals surface area (Å²) in [6.07, 6.45) is 9.32. The van der Waals surface area contributed by atoms with Crippen LogP contribution in [-0.2, 0) is 19.7 Å². The molecule has 41 heavy (non-hydrogen) atoms. The summed E-state index contributed by atoms with van der Waals surface area (Å²) in [6, 6.07) is 17.0. The number of rotatable bonds is 10. The zero-order valence-corrected chi connectivity index (χ0v) is 25.1. The summed E-state index contributed by atoms with van der Waals surface area (Å²) in [5, 5.41) is 0.441. The van der Waals surface area contributed by atoms with E-state index in [0.717, 1.165) is 36.8 Å². The van der Waals surface area contributed by atoms with Gasteiger partial charge < -0.3 is 14.6 Å². The highest BCUT2D eigenvalue weighted by Gasteiger charge is 2.28. The number of aromatic amines is 1. The molecule has 4 aromatic rings. The molecule has 2 aromatic heterocycles. The Labute approximate surface area is 241 Å². The Morgan fingerprint density at radius 2 is 1.68 bits per heavy atom. The summed E-state index contributed by atoms with van der Waals surface area (Å²) in [5.74, 6) is 0.573. The number of aromatic nitrogens is 2. The SMILES string of the molecule is CN(C)CCOc1cnc2[nH]c(C(=CC3CCCC3)c3ccc(S(C)(=O)=O)cc3)cc2c1S(=O)(=O)c1ccccc1. The molecule has 0 amide bonds. The van der Waals surface area contributed by atoms with E-state index in [0.29, 0.717) is 35.8 Å². The van der Waals surface area contributed by atoms with Crippen molar-refractivity contribution in [2.45, 2.75) is 40.4 Å². The minimum Gasteiger partial charge on any atom is -0.489 e. The lowest BCUT2D eigenvalue weighted by molar-refractivity contribution is 0.256. The van der Waals surface area contributed by atoms with Gasteiger partial charge in [-0.05, 0) is 68.8 Å². The molecule has 0 unspecified atom stereocenters. The second kappa shape index (κ2) is 11.8. The van der Waals surface area contributed by atoms with Crippen LogP contribution in [0.5, 0.6) is 5.75 Å². The lowest BCUT2D eigenvalue weighted by Crippen LogP contribution is -2.20. The molecule has 216 valence electrons. The van der Waals surface area contributed by atoms with Crippen LogP contribution < -0.4 is 4.74 Å². The van der Waals surface area contributed by atoms with Crippen LogP contribution in [0.4, 0.5) is 0 Å². The van der Waals surface area contributed by atoms with E-state index in [1.807, 2.05) is 25.1 Å². The number of nitrogens with one attached hydrogen (secondary N) is 1. The summed E-state index contributed by atoms with van der Waals surface area (Å²) in [7, 11) is -3.45. The molecule has 0 saturated heterocycles. The van der Waals surface area contributed by atoms with E-state index >= 15 is 0 Å². The van der Waals surface area contributed by atoms with Gasteiger partial charge in [0.1, 0.15) is 17.1 Å². The number of allylic oxidation sites excluding steroid dienone is 1. The summed E-state index contributed by atoms with van der Waals surface area (Å²) in [4.78, 5) is 10.4. The van der Waals surface area contributed by atoms with Crippen molar-refractivity contribution in [1.82, 2.24) is 14.9 Å². The first kappa shape index (κ1) is 29.0. The zero-order valence-electron chi connectivity index (χ0n) is 23.5. The maximum atomic E-state index is 14.0. The normalized spacial score (nSPS) is 15.2. The van der Waals surface area contributed by atoms with Crippen LogP contribution in [0, 0.1) is 5.92 Å². The molecule has 10 heteroatoms. The third-order valence-corrected chi connectivity index (χ3v) is 10.4. The molecule has 0 atom stereocenters. The minimum absolute atomic E-state index is 0.0718. The van der Waals surface area contributed by atoms with Gasteiger partial charge in [0.25, 0.3) is 0 Å². The highest BCUT2D eigenvalue weighted by molar-refractivity contribution is 7.92. The number of hydrogen-bond acceptors (Lipinski definition) is 7. The fourth-order valence-electron chi connectivity index (χ4n) is 5.20. The Hall–Kier alpha value is -3.47. The fourth-order valence-corrected chi connectivity index (χ4v) is 7.40. The van der Waals surface area contributed by atoms with Crippen LogP contribution in [0.1, 0.15) is 36.9 Å². The van der Waals surface area contributed by atoms with Gasteiger partial charge in [0.2, 0.25) is 9.84 Å². The van der Waals surface area contributed by atoms with Gasteiger partial charge in [-0.25, -0.2) is 21.8 Å². The predicted octanol–water partition coefficient (Wildman–Crippen LogP) is 5.36. The number of benzene rings is 2. The van der Waals surface area contributed by atoms with Crippen LogP contribution in [-0.4, -0.2) is 65.2 Å². The quantitative estimate of drug-likeness (QED) is 0.264. The summed E-state index contributed by atoms with van der Waals surface area (Å²) in [6.45, 7) is 0.910. The first-order valence-corrected chi connectivity index (χ1v) is 17.0. The van der Waals surface area contributed by atoms with Crippen molar-refractivity contribution in [3.63, 3.8) is 0 Å².